The maximum atomic E-state index is 14.8. The van der Waals surface area contributed by atoms with Crippen molar-refractivity contribution in [3.63, 3.8) is 0 Å². The van der Waals surface area contributed by atoms with E-state index in [9.17, 15) is 38.3 Å². The molecule has 23 heteroatoms. The lowest BCUT2D eigenvalue weighted by molar-refractivity contribution is -0.177. The molecule has 1 aromatic heterocycles. The number of H-pyrrole nitrogens is 1. The number of nitrogens with zero attached hydrogens (tertiary/aromatic N) is 1. The van der Waals surface area contributed by atoms with Crippen LogP contribution in [0.15, 0.2) is 21.9 Å². The number of aromatic nitrogens is 2. The summed E-state index contributed by atoms with van der Waals surface area (Å²) >= 11 is 0. The van der Waals surface area contributed by atoms with Gasteiger partial charge in [0, 0.05) is 40.7 Å². The second kappa shape index (κ2) is 18.8. The van der Waals surface area contributed by atoms with E-state index in [-0.39, 0.29) is 26.4 Å². The Morgan fingerprint density at radius 3 is 1.80 bits per heavy atom. The number of halogens is 1. The monoisotopic (exact) mass is 736 g/mol. The summed E-state index contributed by atoms with van der Waals surface area (Å²) in [4.78, 5) is 50.3. The van der Waals surface area contributed by atoms with Crippen LogP contribution in [-0.4, -0.2) is 143 Å². The molecule has 1 saturated heterocycles. The van der Waals surface area contributed by atoms with Crippen LogP contribution in [0.5, 0.6) is 0 Å². The number of rotatable bonds is 21. The second-order valence-electron chi connectivity index (χ2n) is 10.6. The molecule has 0 aliphatic carbocycles. The molecule has 0 unspecified atom stereocenters. The van der Waals surface area contributed by atoms with Crippen molar-refractivity contribution in [1.29, 1.82) is 0 Å². The van der Waals surface area contributed by atoms with Crippen molar-refractivity contribution in [2.75, 3.05) is 81.7 Å². The lowest BCUT2D eigenvalue weighted by Gasteiger charge is -2.40. The summed E-state index contributed by atoms with van der Waals surface area (Å²) in [5.41, 5.74) is -9.54. The first kappa shape index (κ1) is 42.1. The standard InChI is InChI=1S/C26H42FN2O19P/c1-24(34)20(29-8-7-19(30)28-21(29)31)48-26(13-27,25(24,2)35)14-43-49(36,44-15-41-22(32)46-17(9-37-3)10-38-4)45-16-42-23(33)47-18(11-39-5)12-40-6/h7-8,17-18,20,34-35H,9-16H2,1-6H3,(H,28,30,31)/t20-,24+,25-,26-/m1/s1. The van der Waals surface area contributed by atoms with Gasteiger partial charge in [0.05, 0.1) is 33.0 Å². The summed E-state index contributed by atoms with van der Waals surface area (Å²) < 4.78 is 89.1. The Morgan fingerprint density at radius 1 is 0.918 bits per heavy atom. The van der Waals surface area contributed by atoms with Gasteiger partial charge in [-0.15, -0.1) is 0 Å². The Balaban J connectivity index is 2.27. The minimum Gasteiger partial charge on any atom is -0.426 e. The average Bonchev–Trinajstić information content (AvgIpc) is 3.17. The number of ether oxygens (including phenoxy) is 9. The number of phosphoric ester groups is 1. The summed E-state index contributed by atoms with van der Waals surface area (Å²) in [6, 6.07) is 0.910. The van der Waals surface area contributed by atoms with E-state index in [1.165, 1.54) is 28.4 Å². The molecular weight excluding hydrogens is 694 g/mol. The van der Waals surface area contributed by atoms with Crippen molar-refractivity contribution < 1.29 is 85.0 Å². The molecule has 1 aliphatic heterocycles. The van der Waals surface area contributed by atoms with Crippen molar-refractivity contribution in [3.05, 3.63) is 33.1 Å². The molecule has 21 nitrogen and oxygen atoms in total. The molecule has 0 spiro atoms. The Kier molecular flexibility index (Phi) is 16.2. The van der Waals surface area contributed by atoms with E-state index in [4.69, 9.17) is 56.2 Å². The predicted octanol–water partition coefficient (Wildman–Crippen LogP) is -0.0222. The Hall–Kier alpha value is -3.02. The van der Waals surface area contributed by atoms with Crippen LogP contribution < -0.4 is 11.2 Å². The zero-order valence-corrected chi connectivity index (χ0v) is 28.5. The van der Waals surface area contributed by atoms with Gasteiger partial charge in [0.2, 0.25) is 13.6 Å². The summed E-state index contributed by atoms with van der Waals surface area (Å²) in [5.74, 6) is 0. The summed E-state index contributed by atoms with van der Waals surface area (Å²) in [6.45, 7) is -3.52. The summed E-state index contributed by atoms with van der Waals surface area (Å²) in [5, 5.41) is 22.6. The fraction of sp³-hybridized carbons (Fsp3) is 0.769. The Morgan fingerprint density at radius 2 is 1.39 bits per heavy atom. The molecule has 2 rings (SSSR count). The topological polar surface area (TPSA) is 257 Å². The minimum absolute atomic E-state index is 0.0707. The fourth-order valence-electron chi connectivity index (χ4n) is 4.35. The van der Waals surface area contributed by atoms with E-state index in [0.29, 0.717) is 4.57 Å². The lowest BCUT2D eigenvalue weighted by Crippen LogP contribution is -2.63. The first-order valence-electron chi connectivity index (χ1n) is 14.2. The third-order valence-electron chi connectivity index (χ3n) is 7.18. The number of carbonyl (C=O) groups is 2. The Bertz CT molecular complexity index is 1320. The van der Waals surface area contributed by atoms with Gasteiger partial charge in [-0.25, -0.2) is 32.4 Å². The molecule has 3 N–H and O–H groups in total. The molecule has 1 fully saturated rings. The maximum absolute atomic E-state index is 14.8. The largest absolute Gasteiger partial charge is 0.510 e. The molecular formula is C26H42FN2O19P. The zero-order chi connectivity index (χ0) is 36.9. The van der Waals surface area contributed by atoms with Crippen molar-refractivity contribution in [2.24, 2.45) is 0 Å². The van der Waals surface area contributed by atoms with Crippen LogP contribution in [0, 0.1) is 0 Å². The van der Waals surface area contributed by atoms with Crippen molar-refractivity contribution in [2.45, 2.75) is 49.1 Å². The molecule has 2 heterocycles. The van der Waals surface area contributed by atoms with Gasteiger partial charge in [-0.3, -0.25) is 18.9 Å². The van der Waals surface area contributed by atoms with E-state index in [1.54, 1.807) is 0 Å². The first-order valence-corrected chi connectivity index (χ1v) is 15.7. The summed E-state index contributed by atoms with van der Waals surface area (Å²) in [6.07, 6.45) is -5.36. The van der Waals surface area contributed by atoms with Crippen LogP contribution in [-0.2, 0) is 60.8 Å². The maximum Gasteiger partial charge on any atom is 0.510 e. The highest BCUT2D eigenvalue weighted by Gasteiger charge is 2.70. The highest BCUT2D eigenvalue weighted by Crippen LogP contribution is 2.55. The molecule has 0 saturated carbocycles. The van der Waals surface area contributed by atoms with Gasteiger partial charge in [-0.1, -0.05) is 0 Å². The van der Waals surface area contributed by atoms with Gasteiger partial charge < -0.3 is 52.8 Å². The van der Waals surface area contributed by atoms with Gasteiger partial charge >= 0.3 is 25.8 Å². The van der Waals surface area contributed by atoms with Gasteiger partial charge in [0.1, 0.15) is 17.9 Å². The second-order valence-corrected chi connectivity index (χ2v) is 12.3. The van der Waals surface area contributed by atoms with Crippen molar-refractivity contribution >= 4 is 20.1 Å². The van der Waals surface area contributed by atoms with Crippen molar-refractivity contribution in [1.82, 2.24) is 9.55 Å². The molecule has 0 bridgehead atoms. The molecule has 1 aromatic rings. The van der Waals surface area contributed by atoms with Crippen molar-refractivity contribution in [3.8, 4) is 0 Å². The van der Waals surface area contributed by atoms with E-state index in [2.05, 4.69) is 0 Å². The van der Waals surface area contributed by atoms with E-state index < -0.39 is 93.5 Å². The minimum atomic E-state index is -5.08. The van der Waals surface area contributed by atoms with Gasteiger partial charge in [-0.2, -0.15) is 0 Å². The number of phosphoric acid groups is 1. The highest BCUT2D eigenvalue weighted by molar-refractivity contribution is 7.48. The average molecular weight is 737 g/mol. The fourth-order valence-corrected chi connectivity index (χ4v) is 5.30. The molecule has 49 heavy (non-hydrogen) atoms. The van der Waals surface area contributed by atoms with Crippen LogP contribution in [0.2, 0.25) is 0 Å². The van der Waals surface area contributed by atoms with Gasteiger partial charge in [-0.05, 0) is 13.8 Å². The van der Waals surface area contributed by atoms with Gasteiger partial charge in [0.25, 0.3) is 5.56 Å². The van der Waals surface area contributed by atoms with Crippen LogP contribution in [0.4, 0.5) is 14.0 Å². The first-order chi connectivity index (χ1) is 23.0. The van der Waals surface area contributed by atoms with E-state index >= 15 is 0 Å². The molecule has 0 aromatic carbocycles. The highest BCUT2D eigenvalue weighted by atomic mass is 31.2. The van der Waals surface area contributed by atoms with E-state index in [0.717, 1.165) is 26.1 Å². The van der Waals surface area contributed by atoms with Crippen LogP contribution in [0.3, 0.4) is 0 Å². The predicted molar refractivity (Wildman–Crippen MR) is 157 cm³/mol. The number of aliphatic hydroxyl groups is 2. The third-order valence-corrected chi connectivity index (χ3v) is 8.47. The molecule has 0 radical (unpaired) electrons. The van der Waals surface area contributed by atoms with Crippen LogP contribution in [0.1, 0.15) is 20.1 Å². The smallest absolute Gasteiger partial charge is 0.426 e. The number of hydrogen-bond donors (Lipinski definition) is 3. The zero-order valence-electron chi connectivity index (χ0n) is 27.7. The number of nitrogens with one attached hydrogen (secondary N) is 1. The number of methoxy groups -OCH3 is 4. The van der Waals surface area contributed by atoms with Crippen LogP contribution >= 0.6 is 7.82 Å². The normalized spacial score (nSPS) is 23.9. The number of alkyl halides is 1. The molecule has 4 atom stereocenters. The summed E-state index contributed by atoms with van der Waals surface area (Å²) in [7, 11) is 0.283. The van der Waals surface area contributed by atoms with Crippen LogP contribution in [0.25, 0.3) is 0 Å². The van der Waals surface area contributed by atoms with E-state index in [1.807, 2.05) is 4.98 Å². The Labute approximate surface area is 278 Å². The molecule has 0 amide bonds. The number of carbonyl (C=O) groups excluding carboxylic acids is 2. The SMILES string of the molecule is COCC(COC)OC(=O)OCOP(=O)(OCOC(=O)OC(COC)COC)OC[C@@]1(CF)O[C@@H](n2ccc(=O)[nH]c2=O)[C@](C)(O)[C@@]1(C)O. The molecule has 282 valence electrons. The number of hydrogen-bond acceptors (Lipinski definition) is 19. The third kappa shape index (κ3) is 11.0. The quantitative estimate of drug-likeness (QED) is 0.0851. The van der Waals surface area contributed by atoms with Gasteiger partial charge in [0.15, 0.2) is 24.0 Å². The number of aromatic amines is 1. The lowest BCUT2D eigenvalue weighted by atomic mass is 9.76. The molecule has 1 aliphatic rings.